The Bertz CT molecular complexity index is 1240. The normalized spacial score (nSPS) is 14.8. The summed E-state index contributed by atoms with van der Waals surface area (Å²) < 4.78 is 125. The number of halogens is 10. The summed E-state index contributed by atoms with van der Waals surface area (Å²) in [5.74, 6) is -3.03. The maximum Gasteiger partial charge on any atom is 0.461 e. The monoisotopic (exact) mass is 615 g/mol. The highest BCUT2D eigenvalue weighted by Crippen LogP contribution is 2.39. The van der Waals surface area contributed by atoms with Crippen molar-refractivity contribution in [1.29, 1.82) is 0 Å². The average molecular weight is 616 g/mol. The maximum atomic E-state index is 14.7. The van der Waals surface area contributed by atoms with Crippen LogP contribution in [0.1, 0.15) is 16.7 Å². The first kappa shape index (κ1) is 29.8. The van der Waals surface area contributed by atoms with Crippen LogP contribution in [0.5, 0.6) is 5.75 Å². The van der Waals surface area contributed by atoms with Crippen LogP contribution in [-0.2, 0) is 12.0 Å². The highest BCUT2D eigenvalue weighted by Gasteiger charge is 2.45. The average Bonchev–Trinajstić information content (AvgIpc) is 2.82. The second kappa shape index (κ2) is 11.5. The van der Waals surface area contributed by atoms with Crippen LogP contribution in [0.15, 0.2) is 71.2 Å². The summed E-state index contributed by atoms with van der Waals surface area (Å²) >= 11 is 2.98. The number of hydrogen-bond donors (Lipinski definition) is 2. The molecule has 0 unspecified atom stereocenters. The van der Waals surface area contributed by atoms with E-state index in [4.69, 9.17) is 0 Å². The van der Waals surface area contributed by atoms with Crippen molar-refractivity contribution < 1.29 is 49.4 Å². The Labute approximate surface area is 219 Å². The summed E-state index contributed by atoms with van der Waals surface area (Å²) in [6.07, 6.45) is -17.5. The fourth-order valence-corrected chi connectivity index (χ4v) is 4.14. The summed E-state index contributed by atoms with van der Waals surface area (Å²) in [5, 5.41) is 12.2. The third-order valence-electron chi connectivity index (χ3n) is 5.57. The highest BCUT2D eigenvalue weighted by molar-refractivity contribution is 9.10. The quantitative estimate of drug-likeness (QED) is 0.242. The van der Waals surface area contributed by atoms with E-state index in [0.29, 0.717) is 11.6 Å². The minimum absolute atomic E-state index is 0.0289. The van der Waals surface area contributed by atoms with Crippen molar-refractivity contribution in [3.05, 3.63) is 99.5 Å². The first-order valence-electron chi connectivity index (χ1n) is 10.8. The Balaban J connectivity index is 2.27. The Morgan fingerprint density at radius 3 is 2.11 bits per heavy atom. The number of nitrogens with one attached hydrogen (secondary N) is 1. The molecular weight excluding hydrogens is 597 g/mol. The van der Waals surface area contributed by atoms with E-state index in [9.17, 15) is 44.6 Å². The molecule has 38 heavy (non-hydrogen) atoms. The summed E-state index contributed by atoms with van der Waals surface area (Å²) in [7, 11) is 0. The van der Waals surface area contributed by atoms with Gasteiger partial charge >= 0.3 is 18.7 Å². The first-order valence-corrected chi connectivity index (χ1v) is 11.6. The topological polar surface area (TPSA) is 41.5 Å². The van der Waals surface area contributed by atoms with Crippen molar-refractivity contribution in [3.8, 4) is 5.75 Å². The van der Waals surface area contributed by atoms with Crippen LogP contribution in [0, 0.1) is 11.6 Å². The van der Waals surface area contributed by atoms with E-state index >= 15 is 0 Å². The fraction of sp³-hybridized carbons (Fsp3) is 0.280. The molecule has 0 saturated heterocycles. The summed E-state index contributed by atoms with van der Waals surface area (Å²) in [4.78, 5) is 0. The van der Waals surface area contributed by atoms with E-state index in [0.717, 1.165) is 24.3 Å². The SMILES string of the molecule is O[C@@H](CN[C@@](Cc1ccccc1)(c1cc(F)cc(OC(F)(F)C(F)F)c1)c1ccc(F)c(Br)c1)C(F)(F)F. The molecule has 0 amide bonds. The summed E-state index contributed by atoms with van der Waals surface area (Å²) in [6, 6.07) is 13.2. The van der Waals surface area contributed by atoms with E-state index in [1.807, 2.05) is 0 Å². The fourth-order valence-electron chi connectivity index (χ4n) is 3.76. The van der Waals surface area contributed by atoms with Gasteiger partial charge in [0.1, 0.15) is 17.4 Å². The lowest BCUT2D eigenvalue weighted by Crippen LogP contribution is -2.51. The molecule has 0 spiro atoms. The highest BCUT2D eigenvalue weighted by atomic mass is 79.9. The zero-order chi connectivity index (χ0) is 28.3. The van der Waals surface area contributed by atoms with Crippen LogP contribution in [0.4, 0.5) is 39.5 Å². The van der Waals surface area contributed by atoms with Crippen LogP contribution in [0.3, 0.4) is 0 Å². The van der Waals surface area contributed by atoms with Gasteiger partial charge in [0.05, 0.1) is 10.0 Å². The van der Waals surface area contributed by atoms with E-state index in [-0.39, 0.29) is 22.0 Å². The first-order chi connectivity index (χ1) is 17.6. The van der Waals surface area contributed by atoms with Gasteiger partial charge < -0.3 is 15.2 Å². The zero-order valence-corrected chi connectivity index (χ0v) is 20.6. The molecule has 0 aliphatic heterocycles. The molecule has 0 radical (unpaired) electrons. The standard InChI is InChI=1S/C25H19BrF9NO2/c26-19-10-15(6-7-20(19)28)23(12-14-4-2-1-3-5-14,36-13-21(37)24(31,32)33)16-8-17(27)11-18(9-16)38-25(34,35)22(29)30/h1-11,21-22,36-37H,12-13H2/t21-,23+/m0/s1. The maximum absolute atomic E-state index is 14.7. The number of aliphatic hydroxyl groups is 1. The molecule has 13 heteroatoms. The summed E-state index contributed by atoms with van der Waals surface area (Å²) in [5.41, 5.74) is -1.79. The molecule has 0 heterocycles. The predicted molar refractivity (Wildman–Crippen MR) is 123 cm³/mol. The molecule has 3 nitrogen and oxygen atoms in total. The van der Waals surface area contributed by atoms with Gasteiger partial charge in [-0.3, -0.25) is 0 Å². The lowest BCUT2D eigenvalue weighted by atomic mass is 9.77. The molecule has 0 fully saturated rings. The van der Waals surface area contributed by atoms with Gasteiger partial charge in [-0.2, -0.15) is 30.7 Å². The largest absolute Gasteiger partial charge is 0.461 e. The zero-order valence-electron chi connectivity index (χ0n) is 19.1. The van der Waals surface area contributed by atoms with Gasteiger partial charge in [0.15, 0.2) is 6.10 Å². The van der Waals surface area contributed by atoms with Crippen LogP contribution in [0.2, 0.25) is 0 Å². The van der Waals surface area contributed by atoms with Gasteiger partial charge in [0.25, 0.3) is 0 Å². The molecular formula is C25H19BrF9NO2. The number of ether oxygens (including phenoxy) is 1. The second-order valence-electron chi connectivity index (χ2n) is 8.28. The van der Waals surface area contributed by atoms with E-state index in [1.165, 1.54) is 6.07 Å². The molecule has 2 atom stereocenters. The molecule has 3 aromatic carbocycles. The molecule has 0 bridgehead atoms. The van der Waals surface area contributed by atoms with Crippen molar-refractivity contribution in [1.82, 2.24) is 5.32 Å². The molecule has 0 aromatic heterocycles. The Hall–Kier alpha value is -2.77. The second-order valence-corrected chi connectivity index (χ2v) is 9.13. The smallest absolute Gasteiger partial charge is 0.428 e. The lowest BCUT2D eigenvalue weighted by molar-refractivity contribution is -0.253. The van der Waals surface area contributed by atoms with Gasteiger partial charge in [0.2, 0.25) is 0 Å². The molecule has 2 N–H and O–H groups in total. The van der Waals surface area contributed by atoms with Crippen molar-refractivity contribution in [2.45, 2.75) is 36.8 Å². The van der Waals surface area contributed by atoms with Crippen LogP contribution in [0.25, 0.3) is 0 Å². The molecule has 0 aliphatic carbocycles. The van der Waals surface area contributed by atoms with Crippen LogP contribution < -0.4 is 10.1 Å². The predicted octanol–water partition coefficient (Wildman–Crippen LogP) is 6.96. The Morgan fingerprint density at radius 1 is 0.868 bits per heavy atom. The Morgan fingerprint density at radius 2 is 1.53 bits per heavy atom. The third-order valence-corrected chi connectivity index (χ3v) is 6.18. The minimum Gasteiger partial charge on any atom is -0.428 e. The van der Waals surface area contributed by atoms with E-state index in [1.54, 1.807) is 30.3 Å². The van der Waals surface area contributed by atoms with E-state index < -0.39 is 54.3 Å². The number of hydrogen-bond acceptors (Lipinski definition) is 3. The molecule has 3 rings (SSSR count). The van der Waals surface area contributed by atoms with Gasteiger partial charge in [0, 0.05) is 12.6 Å². The number of rotatable bonds is 10. The van der Waals surface area contributed by atoms with Crippen molar-refractivity contribution in [2.75, 3.05) is 6.54 Å². The van der Waals surface area contributed by atoms with Crippen LogP contribution in [-0.4, -0.2) is 36.5 Å². The number of alkyl halides is 7. The van der Waals surface area contributed by atoms with Gasteiger partial charge in [-0.05, 0) is 63.3 Å². The molecule has 206 valence electrons. The van der Waals surface area contributed by atoms with Crippen molar-refractivity contribution >= 4 is 15.9 Å². The molecule has 3 aromatic rings. The van der Waals surface area contributed by atoms with Crippen molar-refractivity contribution in [3.63, 3.8) is 0 Å². The van der Waals surface area contributed by atoms with E-state index in [2.05, 4.69) is 26.0 Å². The number of aliphatic hydroxyl groups excluding tert-OH is 1. The minimum atomic E-state index is -5.07. The Kier molecular flexibility index (Phi) is 9.04. The molecule has 0 aliphatic rings. The van der Waals surface area contributed by atoms with Crippen molar-refractivity contribution in [2.24, 2.45) is 0 Å². The molecule has 0 saturated carbocycles. The number of benzene rings is 3. The van der Waals surface area contributed by atoms with Gasteiger partial charge in [-0.15, -0.1) is 0 Å². The summed E-state index contributed by atoms with van der Waals surface area (Å²) in [6.45, 7) is -1.16. The third kappa shape index (κ3) is 7.00. The van der Waals surface area contributed by atoms with Gasteiger partial charge in [-0.1, -0.05) is 36.4 Å². The van der Waals surface area contributed by atoms with Crippen LogP contribution >= 0.6 is 15.9 Å². The van der Waals surface area contributed by atoms with Gasteiger partial charge in [-0.25, -0.2) is 8.78 Å². The lowest BCUT2D eigenvalue weighted by Gasteiger charge is -2.38.